The molecule has 0 aliphatic carbocycles. The van der Waals surface area contributed by atoms with Gasteiger partial charge in [-0.25, -0.2) is 4.39 Å². The van der Waals surface area contributed by atoms with E-state index in [9.17, 15) is 14.0 Å². The summed E-state index contributed by atoms with van der Waals surface area (Å²) in [6.07, 6.45) is 3.20. The number of nitrogens with zero attached hydrogens (tertiary/aromatic N) is 3. The Balaban J connectivity index is 1.54. The molecule has 6 nitrogen and oxygen atoms in total. The van der Waals surface area contributed by atoms with Crippen molar-refractivity contribution in [2.45, 2.75) is 13.0 Å². The number of anilines is 1. The van der Waals surface area contributed by atoms with Crippen LogP contribution in [-0.2, 0) is 4.79 Å². The van der Waals surface area contributed by atoms with Crippen LogP contribution in [0.15, 0.2) is 48.8 Å². The van der Waals surface area contributed by atoms with Crippen LogP contribution in [0.2, 0.25) is 0 Å². The van der Waals surface area contributed by atoms with E-state index in [-0.39, 0.29) is 17.9 Å². The summed E-state index contributed by atoms with van der Waals surface area (Å²) < 4.78 is 13.2. The van der Waals surface area contributed by atoms with Crippen LogP contribution >= 0.6 is 0 Å². The number of pyridine rings is 1. The van der Waals surface area contributed by atoms with Crippen molar-refractivity contribution in [2.75, 3.05) is 31.5 Å². The predicted octanol–water partition coefficient (Wildman–Crippen LogP) is 2.01. The maximum Gasteiger partial charge on any atom is 0.254 e. The Morgan fingerprint density at radius 1 is 1.12 bits per heavy atom. The average molecular weight is 356 g/mol. The molecule has 26 heavy (non-hydrogen) atoms. The number of amides is 2. The molecule has 0 radical (unpaired) electrons. The van der Waals surface area contributed by atoms with E-state index in [4.69, 9.17) is 0 Å². The average Bonchev–Trinajstić information content (AvgIpc) is 2.67. The second-order valence-corrected chi connectivity index (χ2v) is 6.24. The molecule has 0 saturated carbocycles. The number of hydrogen-bond acceptors (Lipinski definition) is 4. The number of nitrogens with one attached hydrogen (secondary N) is 1. The van der Waals surface area contributed by atoms with Gasteiger partial charge in [-0.05, 0) is 37.3 Å². The number of carbonyl (C=O) groups excluding carboxylic acids is 2. The first-order valence-corrected chi connectivity index (χ1v) is 8.54. The molecule has 1 fully saturated rings. The van der Waals surface area contributed by atoms with E-state index < -0.39 is 5.82 Å². The molecule has 1 aliphatic rings. The molecular weight excluding hydrogens is 335 g/mol. The summed E-state index contributed by atoms with van der Waals surface area (Å²) in [5, 5.41) is 2.73. The Kier molecular flexibility index (Phi) is 5.58. The first-order chi connectivity index (χ1) is 12.5. The van der Waals surface area contributed by atoms with Gasteiger partial charge in [0.1, 0.15) is 5.82 Å². The molecule has 3 rings (SSSR count). The third-order valence-electron chi connectivity index (χ3n) is 4.55. The normalized spacial score (nSPS) is 16.2. The van der Waals surface area contributed by atoms with Gasteiger partial charge in [-0.15, -0.1) is 0 Å². The van der Waals surface area contributed by atoms with Gasteiger partial charge in [-0.1, -0.05) is 6.07 Å². The van der Waals surface area contributed by atoms with Gasteiger partial charge in [-0.2, -0.15) is 0 Å². The lowest BCUT2D eigenvalue weighted by atomic mass is 10.1. The molecule has 2 amide bonds. The summed E-state index contributed by atoms with van der Waals surface area (Å²) in [5.74, 6) is -0.605. The van der Waals surface area contributed by atoms with Crippen LogP contribution in [-0.4, -0.2) is 58.8 Å². The van der Waals surface area contributed by atoms with Gasteiger partial charge < -0.3 is 10.2 Å². The van der Waals surface area contributed by atoms with E-state index in [1.165, 1.54) is 12.1 Å². The Morgan fingerprint density at radius 3 is 2.46 bits per heavy atom. The van der Waals surface area contributed by atoms with Crippen LogP contribution in [0.5, 0.6) is 0 Å². The maximum absolute atomic E-state index is 13.2. The number of benzene rings is 1. The highest BCUT2D eigenvalue weighted by molar-refractivity contribution is 5.95. The van der Waals surface area contributed by atoms with Crippen LogP contribution in [0.25, 0.3) is 0 Å². The lowest BCUT2D eigenvalue weighted by Gasteiger charge is -2.37. The number of carbonyl (C=O) groups is 2. The number of piperazine rings is 1. The zero-order chi connectivity index (χ0) is 18.5. The third-order valence-corrected chi connectivity index (χ3v) is 4.55. The molecule has 1 N–H and O–H groups in total. The number of hydrogen-bond donors (Lipinski definition) is 1. The summed E-state index contributed by atoms with van der Waals surface area (Å²) in [4.78, 5) is 32.6. The summed E-state index contributed by atoms with van der Waals surface area (Å²) in [7, 11) is 0. The van der Waals surface area contributed by atoms with E-state index >= 15 is 0 Å². The smallest absolute Gasteiger partial charge is 0.254 e. The number of aromatic nitrogens is 1. The highest BCUT2D eigenvalue weighted by atomic mass is 19.1. The van der Waals surface area contributed by atoms with E-state index in [1.54, 1.807) is 41.6 Å². The van der Waals surface area contributed by atoms with Gasteiger partial charge in [-0.3, -0.25) is 19.5 Å². The van der Waals surface area contributed by atoms with Crippen molar-refractivity contribution >= 4 is 17.5 Å². The minimum atomic E-state index is -0.390. The molecular formula is C19H21FN4O2. The van der Waals surface area contributed by atoms with Crippen LogP contribution in [0.1, 0.15) is 17.3 Å². The summed E-state index contributed by atoms with van der Waals surface area (Å²) in [6, 6.07) is 8.86. The molecule has 2 aromatic rings. The van der Waals surface area contributed by atoms with Crippen molar-refractivity contribution in [1.82, 2.24) is 14.8 Å². The van der Waals surface area contributed by atoms with Crippen molar-refractivity contribution in [3.8, 4) is 0 Å². The fourth-order valence-corrected chi connectivity index (χ4v) is 2.97. The molecule has 0 bridgehead atoms. The second kappa shape index (κ2) is 8.05. The molecule has 1 aliphatic heterocycles. The minimum Gasteiger partial charge on any atom is -0.336 e. The van der Waals surface area contributed by atoms with Gasteiger partial charge in [0.25, 0.3) is 5.91 Å². The van der Waals surface area contributed by atoms with Crippen molar-refractivity contribution in [2.24, 2.45) is 0 Å². The van der Waals surface area contributed by atoms with Crippen molar-refractivity contribution in [3.63, 3.8) is 0 Å². The first-order valence-electron chi connectivity index (χ1n) is 8.54. The van der Waals surface area contributed by atoms with E-state index in [2.05, 4.69) is 10.3 Å². The summed E-state index contributed by atoms with van der Waals surface area (Å²) >= 11 is 0. The van der Waals surface area contributed by atoms with E-state index in [0.717, 1.165) is 0 Å². The molecule has 7 heteroatoms. The minimum absolute atomic E-state index is 0.0242. The molecule has 0 spiro atoms. The van der Waals surface area contributed by atoms with Gasteiger partial charge in [0.2, 0.25) is 5.91 Å². The highest BCUT2D eigenvalue weighted by Crippen LogP contribution is 2.13. The van der Waals surface area contributed by atoms with Gasteiger partial charge >= 0.3 is 0 Å². The molecule has 136 valence electrons. The fraction of sp³-hybridized carbons (Fsp3) is 0.316. The van der Waals surface area contributed by atoms with Crippen molar-refractivity contribution in [3.05, 3.63) is 60.2 Å². The van der Waals surface area contributed by atoms with Gasteiger partial charge in [0, 0.05) is 49.8 Å². The Hall–Kier alpha value is -2.80. The quantitative estimate of drug-likeness (QED) is 0.910. The van der Waals surface area contributed by atoms with Crippen LogP contribution in [0, 0.1) is 5.82 Å². The maximum atomic E-state index is 13.2. The molecule has 1 aromatic heterocycles. The lowest BCUT2D eigenvalue weighted by molar-refractivity contribution is -0.121. The zero-order valence-electron chi connectivity index (χ0n) is 14.6. The summed E-state index contributed by atoms with van der Waals surface area (Å²) in [6.45, 7) is 4.13. The predicted molar refractivity (Wildman–Crippen MR) is 96.2 cm³/mol. The Labute approximate surface area is 151 Å². The first kappa shape index (κ1) is 18.0. The second-order valence-electron chi connectivity index (χ2n) is 6.24. The van der Waals surface area contributed by atoms with Crippen LogP contribution < -0.4 is 5.32 Å². The third kappa shape index (κ3) is 4.23. The molecule has 1 saturated heterocycles. The molecule has 1 aromatic carbocycles. The standard InChI is InChI=1S/C19H21FN4O2/c1-14(18(25)22-17-4-2-3-16(20)13-17)23-9-11-24(12-10-23)19(26)15-5-7-21-8-6-15/h2-8,13-14H,9-12H2,1H3,(H,22,25). The largest absolute Gasteiger partial charge is 0.336 e. The van der Waals surface area contributed by atoms with E-state index in [1.807, 2.05) is 11.8 Å². The van der Waals surface area contributed by atoms with Crippen molar-refractivity contribution < 1.29 is 14.0 Å². The van der Waals surface area contributed by atoms with Crippen LogP contribution in [0.3, 0.4) is 0 Å². The Bertz CT molecular complexity index is 776. The Morgan fingerprint density at radius 2 is 1.81 bits per heavy atom. The fourth-order valence-electron chi connectivity index (χ4n) is 2.97. The molecule has 1 unspecified atom stereocenters. The van der Waals surface area contributed by atoms with E-state index in [0.29, 0.717) is 37.4 Å². The summed E-state index contributed by atoms with van der Waals surface area (Å²) in [5.41, 5.74) is 1.05. The van der Waals surface area contributed by atoms with Gasteiger partial charge in [0.05, 0.1) is 6.04 Å². The van der Waals surface area contributed by atoms with Crippen LogP contribution in [0.4, 0.5) is 10.1 Å². The highest BCUT2D eigenvalue weighted by Gasteiger charge is 2.27. The molecule has 2 heterocycles. The van der Waals surface area contributed by atoms with Gasteiger partial charge in [0.15, 0.2) is 0 Å². The number of rotatable bonds is 4. The SMILES string of the molecule is CC(C(=O)Nc1cccc(F)c1)N1CCN(C(=O)c2ccncc2)CC1. The number of halogens is 1. The monoisotopic (exact) mass is 356 g/mol. The zero-order valence-corrected chi connectivity index (χ0v) is 14.6. The topological polar surface area (TPSA) is 65.5 Å². The molecule has 1 atom stereocenters. The van der Waals surface area contributed by atoms with Crippen molar-refractivity contribution in [1.29, 1.82) is 0 Å². The lowest BCUT2D eigenvalue weighted by Crippen LogP contribution is -2.54.